The molecule has 1 aromatic heterocycles. The lowest BCUT2D eigenvalue weighted by molar-refractivity contribution is 0.880. The van der Waals surface area contributed by atoms with E-state index in [1.807, 2.05) is 18.2 Å². The van der Waals surface area contributed by atoms with Crippen LogP contribution in [0.5, 0.6) is 0 Å². The quantitative estimate of drug-likeness (QED) is 0.769. The van der Waals surface area contributed by atoms with Gasteiger partial charge in [-0.3, -0.25) is 0 Å². The Morgan fingerprint density at radius 2 is 1.81 bits per heavy atom. The highest BCUT2D eigenvalue weighted by molar-refractivity contribution is 5.90. The van der Waals surface area contributed by atoms with Crippen molar-refractivity contribution in [2.75, 3.05) is 5.32 Å². The van der Waals surface area contributed by atoms with Gasteiger partial charge in [0.2, 0.25) is 0 Å². The van der Waals surface area contributed by atoms with Gasteiger partial charge in [0.25, 0.3) is 0 Å². The molecule has 106 valence electrons. The second-order valence-electron chi connectivity index (χ2n) is 5.24. The lowest BCUT2D eigenvalue weighted by Gasteiger charge is -2.17. The summed E-state index contributed by atoms with van der Waals surface area (Å²) in [5, 5.41) is 12.9. The molecular formula is C18H19N3. The van der Waals surface area contributed by atoms with Crippen molar-refractivity contribution in [2.45, 2.75) is 26.3 Å². The number of rotatable bonds is 4. The smallest absolute Gasteiger partial charge is 0.0950 e. The highest BCUT2D eigenvalue weighted by Crippen LogP contribution is 2.25. The largest absolute Gasteiger partial charge is 0.377 e. The highest BCUT2D eigenvalue weighted by Gasteiger charge is 2.08. The van der Waals surface area contributed by atoms with Crippen molar-refractivity contribution in [1.29, 1.82) is 0 Å². The van der Waals surface area contributed by atoms with Gasteiger partial charge in [0.05, 0.1) is 17.4 Å². The fraction of sp³-hybridized carbons (Fsp3) is 0.222. The molecular weight excluding hydrogens is 258 g/mol. The van der Waals surface area contributed by atoms with Gasteiger partial charge >= 0.3 is 0 Å². The zero-order valence-electron chi connectivity index (χ0n) is 12.4. The summed E-state index contributed by atoms with van der Waals surface area (Å²) in [6.45, 7) is 4.33. The maximum absolute atomic E-state index is 4.15. The van der Waals surface area contributed by atoms with Crippen molar-refractivity contribution in [1.82, 2.24) is 10.2 Å². The SMILES string of the molecule is CCc1ccc(C(C)Nc2cnnc3ccccc23)cc1. The summed E-state index contributed by atoms with van der Waals surface area (Å²) in [5.74, 6) is 0. The van der Waals surface area contributed by atoms with Gasteiger partial charge in [-0.25, -0.2) is 0 Å². The fourth-order valence-electron chi connectivity index (χ4n) is 2.48. The summed E-state index contributed by atoms with van der Waals surface area (Å²) in [5.41, 5.74) is 4.57. The van der Waals surface area contributed by atoms with Crippen LogP contribution in [-0.4, -0.2) is 10.2 Å². The summed E-state index contributed by atoms with van der Waals surface area (Å²) in [7, 11) is 0. The summed E-state index contributed by atoms with van der Waals surface area (Å²) >= 11 is 0. The number of anilines is 1. The first-order valence-electron chi connectivity index (χ1n) is 7.33. The second kappa shape index (κ2) is 5.92. The minimum Gasteiger partial charge on any atom is -0.377 e. The highest BCUT2D eigenvalue weighted by atomic mass is 15.1. The van der Waals surface area contributed by atoms with Gasteiger partial charge in [-0.15, -0.1) is 0 Å². The van der Waals surface area contributed by atoms with Crippen molar-refractivity contribution in [2.24, 2.45) is 0 Å². The van der Waals surface area contributed by atoms with Crippen LogP contribution < -0.4 is 5.32 Å². The first-order chi connectivity index (χ1) is 10.3. The second-order valence-corrected chi connectivity index (χ2v) is 5.24. The average molecular weight is 277 g/mol. The van der Waals surface area contributed by atoms with E-state index in [1.54, 1.807) is 6.20 Å². The standard InChI is InChI=1S/C18H19N3/c1-3-14-8-10-15(11-9-14)13(2)20-18-12-19-21-17-7-5-4-6-16(17)18/h4-13H,3H2,1-2H3,(H,20,21). The van der Waals surface area contributed by atoms with E-state index in [1.165, 1.54) is 11.1 Å². The average Bonchev–Trinajstić information content (AvgIpc) is 2.55. The Morgan fingerprint density at radius 3 is 2.57 bits per heavy atom. The van der Waals surface area contributed by atoms with Crippen molar-refractivity contribution in [3.8, 4) is 0 Å². The van der Waals surface area contributed by atoms with Crippen LogP contribution >= 0.6 is 0 Å². The molecule has 1 N–H and O–H groups in total. The molecule has 0 radical (unpaired) electrons. The van der Waals surface area contributed by atoms with Gasteiger partial charge in [-0.05, 0) is 30.5 Å². The molecule has 0 bridgehead atoms. The Balaban J connectivity index is 1.87. The van der Waals surface area contributed by atoms with E-state index in [0.717, 1.165) is 23.0 Å². The number of hydrogen-bond acceptors (Lipinski definition) is 3. The lowest BCUT2D eigenvalue weighted by atomic mass is 10.0. The number of aryl methyl sites for hydroxylation is 1. The molecule has 0 aliphatic rings. The molecule has 2 aromatic carbocycles. The summed E-state index contributed by atoms with van der Waals surface area (Å²) in [6, 6.07) is 17.0. The first kappa shape index (κ1) is 13.6. The Kier molecular flexibility index (Phi) is 3.82. The predicted octanol–water partition coefficient (Wildman–Crippen LogP) is 4.37. The molecule has 3 rings (SSSR count). The van der Waals surface area contributed by atoms with Gasteiger partial charge in [-0.2, -0.15) is 10.2 Å². The minimum atomic E-state index is 0.225. The van der Waals surface area contributed by atoms with Crippen LogP contribution in [0.2, 0.25) is 0 Å². The Labute approximate surface area is 125 Å². The topological polar surface area (TPSA) is 37.8 Å². The first-order valence-corrected chi connectivity index (χ1v) is 7.33. The van der Waals surface area contributed by atoms with Crippen molar-refractivity contribution in [3.63, 3.8) is 0 Å². The van der Waals surface area contributed by atoms with Crippen LogP contribution in [0, 0.1) is 0 Å². The molecule has 3 heteroatoms. The zero-order chi connectivity index (χ0) is 14.7. The normalized spacial score (nSPS) is 12.3. The third-order valence-electron chi connectivity index (χ3n) is 3.81. The van der Waals surface area contributed by atoms with Crippen molar-refractivity contribution in [3.05, 3.63) is 65.9 Å². The molecule has 0 aliphatic heterocycles. The number of hydrogen-bond donors (Lipinski definition) is 1. The molecule has 3 nitrogen and oxygen atoms in total. The minimum absolute atomic E-state index is 0.225. The Hall–Kier alpha value is -2.42. The third-order valence-corrected chi connectivity index (χ3v) is 3.81. The predicted molar refractivity (Wildman–Crippen MR) is 87.4 cm³/mol. The van der Waals surface area contributed by atoms with E-state index in [9.17, 15) is 0 Å². The Morgan fingerprint density at radius 1 is 1.05 bits per heavy atom. The molecule has 0 aliphatic carbocycles. The molecule has 1 atom stereocenters. The van der Waals surface area contributed by atoms with Gasteiger partial charge in [0, 0.05) is 11.4 Å². The summed E-state index contributed by atoms with van der Waals surface area (Å²) in [4.78, 5) is 0. The molecule has 1 heterocycles. The van der Waals surface area contributed by atoms with E-state index >= 15 is 0 Å². The van der Waals surface area contributed by atoms with Gasteiger partial charge in [0.15, 0.2) is 0 Å². The monoisotopic (exact) mass is 277 g/mol. The van der Waals surface area contributed by atoms with Crippen molar-refractivity contribution >= 4 is 16.6 Å². The lowest BCUT2D eigenvalue weighted by Crippen LogP contribution is -2.07. The Bertz CT molecular complexity index is 730. The van der Waals surface area contributed by atoms with Crippen LogP contribution in [-0.2, 0) is 6.42 Å². The van der Waals surface area contributed by atoms with Crippen LogP contribution in [0.4, 0.5) is 5.69 Å². The van der Waals surface area contributed by atoms with Gasteiger partial charge < -0.3 is 5.32 Å². The zero-order valence-corrected chi connectivity index (χ0v) is 12.4. The van der Waals surface area contributed by atoms with Crippen molar-refractivity contribution < 1.29 is 0 Å². The number of nitrogens with one attached hydrogen (secondary N) is 1. The molecule has 0 saturated carbocycles. The maximum atomic E-state index is 4.15. The van der Waals surface area contributed by atoms with E-state index in [4.69, 9.17) is 0 Å². The van der Waals surface area contributed by atoms with Crippen LogP contribution in [0.25, 0.3) is 10.9 Å². The van der Waals surface area contributed by atoms with Gasteiger partial charge in [-0.1, -0.05) is 49.4 Å². The molecule has 0 fully saturated rings. The number of aromatic nitrogens is 2. The van der Waals surface area contributed by atoms with E-state index in [0.29, 0.717) is 0 Å². The summed E-state index contributed by atoms with van der Waals surface area (Å²) in [6.07, 6.45) is 2.86. The van der Waals surface area contributed by atoms with E-state index < -0.39 is 0 Å². The van der Waals surface area contributed by atoms with Gasteiger partial charge in [0.1, 0.15) is 0 Å². The van der Waals surface area contributed by atoms with E-state index in [-0.39, 0.29) is 6.04 Å². The number of benzene rings is 2. The fourth-order valence-corrected chi connectivity index (χ4v) is 2.48. The molecule has 3 aromatic rings. The molecule has 0 saturated heterocycles. The molecule has 0 amide bonds. The molecule has 1 unspecified atom stereocenters. The molecule has 0 spiro atoms. The van der Waals surface area contributed by atoms with Crippen LogP contribution in [0.15, 0.2) is 54.7 Å². The van der Waals surface area contributed by atoms with E-state index in [2.05, 4.69) is 59.7 Å². The maximum Gasteiger partial charge on any atom is 0.0950 e. The number of nitrogens with zero attached hydrogens (tertiary/aromatic N) is 2. The van der Waals surface area contributed by atoms with Crippen LogP contribution in [0.3, 0.4) is 0 Å². The third kappa shape index (κ3) is 2.87. The summed E-state index contributed by atoms with van der Waals surface area (Å²) < 4.78 is 0. The van der Waals surface area contributed by atoms with Crippen LogP contribution in [0.1, 0.15) is 31.0 Å². The number of fused-ring (bicyclic) bond motifs is 1. The molecule has 21 heavy (non-hydrogen) atoms.